The second-order valence-electron chi connectivity index (χ2n) is 3.85. The van der Waals surface area contributed by atoms with Crippen LogP contribution in [0.1, 0.15) is 12.0 Å². The van der Waals surface area contributed by atoms with Gasteiger partial charge in [-0.25, -0.2) is 4.98 Å². The van der Waals surface area contributed by atoms with Crippen molar-refractivity contribution in [2.24, 2.45) is 7.05 Å². The number of aryl methyl sites for hydroxylation is 2. The van der Waals surface area contributed by atoms with Gasteiger partial charge in [0.05, 0.1) is 12.5 Å². The zero-order valence-electron chi connectivity index (χ0n) is 9.50. The summed E-state index contributed by atoms with van der Waals surface area (Å²) >= 11 is 0. The number of hydrogen-bond donors (Lipinski definition) is 1. The van der Waals surface area contributed by atoms with Crippen LogP contribution in [0.25, 0.3) is 0 Å². The Bertz CT molecular complexity index is 404. The lowest BCUT2D eigenvalue weighted by Gasteiger charge is -2.03. The Morgan fingerprint density at radius 2 is 2.38 bits per heavy atom. The average molecular weight is 219 g/mol. The van der Waals surface area contributed by atoms with E-state index in [1.165, 1.54) is 5.56 Å². The van der Waals surface area contributed by atoms with Crippen molar-refractivity contribution >= 4 is 0 Å². The van der Waals surface area contributed by atoms with Gasteiger partial charge in [0.1, 0.15) is 0 Å². The van der Waals surface area contributed by atoms with Crippen LogP contribution in [0.15, 0.2) is 31.1 Å². The number of imidazole rings is 1. The molecule has 0 saturated carbocycles. The van der Waals surface area contributed by atoms with Gasteiger partial charge in [-0.2, -0.15) is 5.10 Å². The molecule has 0 bridgehead atoms. The van der Waals surface area contributed by atoms with E-state index in [1.54, 1.807) is 0 Å². The van der Waals surface area contributed by atoms with Gasteiger partial charge in [0.15, 0.2) is 0 Å². The Kier molecular flexibility index (Phi) is 3.71. The third kappa shape index (κ3) is 3.20. The zero-order valence-corrected chi connectivity index (χ0v) is 9.50. The van der Waals surface area contributed by atoms with E-state index in [-0.39, 0.29) is 0 Å². The van der Waals surface area contributed by atoms with E-state index < -0.39 is 0 Å². The lowest BCUT2D eigenvalue weighted by Crippen LogP contribution is -2.15. The van der Waals surface area contributed by atoms with E-state index in [1.807, 2.05) is 42.8 Å². The summed E-state index contributed by atoms with van der Waals surface area (Å²) in [5, 5.41) is 7.51. The van der Waals surface area contributed by atoms with E-state index in [4.69, 9.17) is 0 Å². The van der Waals surface area contributed by atoms with Crippen molar-refractivity contribution in [3.05, 3.63) is 36.7 Å². The van der Waals surface area contributed by atoms with Gasteiger partial charge in [0.25, 0.3) is 0 Å². The average Bonchev–Trinajstić information content (AvgIpc) is 2.89. The molecule has 2 aromatic rings. The number of aromatic nitrogens is 4. The third-order valence-electron chi connectivity index (χ3n) is 2.42. The zero-order chi connectivity index (χ0) is 11.2. The quantitative estimate of drug-likeness (QED) is 0.731. The molecule has 2 rings (SSSR count). The van der Waals surface area contributed by atoms with Crippen LogP contribution >= 0.6 is 0 Å². The van der Waals surface area contributed by atoms with E-state index >= 15 is 0 Å². The minimum atomic E-state index is 0.887. The Hall–Kier alpha value is -1.62. The molecule has 0 aliphatic carbocycles. The molecular formula is C11H17N5. The van der Waals surface area contributed by atoms with Crippen LogP contribution in [-0.2, 0) is 20.1 Å². The number of hydrogen-bond acceptors (Lipinski definition) is 3. The topological polar surface area (TPSA) is 47.7 Å². The highest BCUT2D eigenvalue weighted by Crippen LogP contribution is 1.95. The molecule has 0 aromatic carbocycles. The van der Waals surface area contributed by atoms with Gasteiger partial charge >= 0.3 is 0 Å². The maximum atomic E-state index is 4.12. The number of rotatable bonds is 6. The molecule has 2 aromatic heterocycles. The minimum absolute atomic E-state index is 0.887. The summed E-state index contributed by atoms with van der Waals surface area (Å²) in [5.41, 5.74) is 1.23. The molecule has 2 heterocycles. The van der Waals surface area contributed by atoms with Gasteiger partial charge < -0.3 is 9.88 Å². The fraction of sp³-hybridized carbons (Fsp3) is 0.455. The number of nitrogens with zero attached hydrogens (tertiary/aromatic N) is 4. The lowest BCUT2D eigenvalue weighted by molar-refractivity contribution is 0.580. The van der Waals surface area contributed by atoms with E-state index in [9.17, 15) is 0 Å². The van der Waals surface area contributed by atoms with Crippen molar-refractivity contribution in [2.75, 3.05) is 6.54 Å². The van der Waals surface area contributed by atoms with Crippen molar-refractivity contribution in [1.82, 2.24) is 24.6 Å². The summed E-state index contributed by atoms with van der Waals surface area (Å²) < 4.78 is 3.91. The second-order valence-corrected chi connectivity index (χ2v) is 3.85. The molecule has 5 heteroatoms. The maximum absolute atomic E-state index is 4.12. The molecule has 0 aliphatic heterocycles. The first kappa shape index (κ1) is 10.9. The normalized spacial score (nSPS) is 10.8. The SMILES string of the molecule is Cn1cc(CNCCCn2ccnc2)cn1. The molecule has 0 unspecified atom stereocenters. The van der Waals surface area contributed by atoms with E-state index in [0.717, 1.165) is 26.1 Å². The summed E-state index contributed by atoms with van der Waals surface area (Å²) in [6, 6.07) is 0. The molecule has 0 spiro atoms. The molecular weight excluding hydrogens is 202 g/mol. The molecule has 0 aliphatic rings. The van der Waals surface area contributed by atoms with Crippen molar-refractivity contribution in [1.29, 1.82) is 0 Å². The molecule has 0 atom stereocenters. The Morgan fingerprint density at radius 1 is 1.44 bits per heavy atom. The van der Waals surface area contributed by atoms with Crippen molar-refractivity contribution in [2.45, 2.75) is 19.5 Å². The summed E-state index contributed by atoms with van der Waals surface area (Å²) in [4.78, 5) is 4.00. The minimum Gasteiger partial charge on any atom is -0.337 e. The molecule has 0 amide bonds. The summed E-state index contributed by atoms with van der Waals surface area (Å²) in [7, 11) is 1.93. The van der Waals surface area contributed by atoms with Gasteiger partial charge in [0.2, 0.25) is 0 Å². The predicted octanol–water partition coefficient (Wildman–Crippen LogP) is 0.796. The summed E-state index contributed by atoms with van der Waals surface area (Å²) in [6.07, 6.45) is 10.7. The molecule has 0 fully saturated rings. The predicted molar refractivity (Wildman–Crippen MR) is 61.8 cm³/mol. The first-order valence-electron chi connectivity index (χ1n) is 5.48. The van der Waals surface area contributed by atoms with Gasteiger partial charge in [-0.15, -0.1) is 0 Å². The van der Waals surface area contributed by atoms with Gasteiger partial charge in [-0.1, -0.05) is 0 Å². The highest BCUT2D eigenvalue weighted by Gasteiger charge is 1.95. The summed E-state index contributed by atoms with van der Waals surface area (Å²) in [5.74, 6) is 0. The lowest BCUT2D eigenvalue weighted by atomic mass is 10.3. The van der Waals surface area contributed by atoms with Crippen LogP contribution in [0.5, 0.6) is 0 Å². The second kappa shape index (κ2) is 5.46. The third-order valence-corrected chi connectivity index (χ3v) is 2.42. The summed E-state index contributed by atoms with van der Waals surface area (Å²) in [6.45, 7) is 2.91. The Morgan fingerprint density at radius 3 is 3.06 bits per heavy atom. The van der Waals surface area contributed by atoms with Crippen LogP contribution in [0.4, 0.5) is 0 Å². The molecule has 0 saturated heterocycles. The van der Waals surface area contributed by atoms with Crippen molar-refractivity contribution in [3.63, 3.8) is 0 Å². The van der Waals surface area contributed by atoms with Crippen LogP contribution in [0.3, 0.4) is 0 Å². The van der Waals surface area contributed by atoms with Crippen LogP contribution in [0, 0.1) is 0 Å². The smallest absolute Gasteiger partial charge is 0.0945 e. The molecule has 1 N–H and O–H groups in total. The van der Waals surface area contributed by atoms with E-state index in [2.05, 4.69) is 20.0 Å². The van der Waals surface area contributed by atoms with Crippen LogP contribution in [0.2, 0.25) is 0 Å². The number of nitrogens with one attached hydrogen (secondary N) is 1. The van der Waals surface area contributed by atoms with Gasteiger partial charge in [0, 0.05) is 44.3 Å². The molecule has 16 heavy (non-hydrogen) atoms. The van der Waals surface area contributed by atoms with E-state index in [0.29, 0.717) is 0 Å². The standard InChI is InChI=1S/C11H17N5/c1-15-9-11(8-14-15)7-12-3-2-5-16-6-4-13-10-16/h4,6,8-10,12H,2-3,5,7H2,1H3. The Labute approximate surface area is 95.1 Å². The van der Waals surface area contributed by atoms with Gasteiger partial charge in [-0.3, -0.25) is 4.68 Å². The maximum Gasteiger partial charge on any atom is 0.0945 e. The Balaban J connectivity index is 1.59. The van der Waals surface area contributed by atoms with Crippen LogP contribution in [-0.4, -0.2) is 25.9 Å². The fourth-order valence-corrected chi connectivity index (χ4v) is 1.60. The van der Waals surface area contributed by atoms with Crippen LogP contribution < -0.4 is 5.32 Å². The molecule has 0 radical (unpaired) electrons. The first-order chi connectivity index (χ1) is 7.84. The fourth-order valence-electron chi connectivity index (χ4n) is 1.60. The molecule has 86 valence electrons. The largest absolute Gasteiger partial charge is 0.337 e. The molecule has 5 nitrogen and oxygen atoms in total. The highest BCUT2D eigenvalue weighted by molar-refractivity contribution is 5.02. The first-order valence-corrected chi connectivity index (χ1v) is 5.48. The van der Waals surface area contributed by atoms with Crippen molar-refractivity contribution < 1.29 is 0 Å². The van der Waals surface area contributed by atoms with Gasteiger partial charge in [-0.05, 0) is 13.0 Å². The van der Waals surface area contributed by atoms with Crippen molar-refractivity contribution in [3.8, 4) is 0 Å². The monoisotopic (exact) mass is 219 g/mol. The highest BCUT2D eigenvalue weighted by atomic mass is 15.2.